The molecule has 0 aliphatic heterocycles. The molecule has 3 aromatic heterocycles. The Bertz CT molecular complexity index is 3180. The molecule has 0 saturated carbocycles. The van der Waals surface area contributed by atoms with Crippen molar-refractivity contribution < 1.29 is 0 Å². The van der Waals surface area contributed by atoms with E-state index in [4.69, 9.17) is 0 Å². The number of hydrogen-bond acceptors (Lipinski definition) is 1. The SMILES string of the molecule is c1ccc(-n2c3ccccc3c3c2c2sc4ccccc4c2c2c4ccccc4n(-c4ccc5c6c(cccc46)-c4ccccc4-5)c23)cc1. The van der Waals surface area contributed by atoms with Crippen molar-refractivity contribution in [1.29, 1.82) is 0 Å². The summed E-state index contributed by atoms with van der Waals surface area (Å²) in [7, 11) is 0. The van der Waals surface area contributed by atoms with Crippen LogP contribution in [0.2, 0.25) is 0 Å². The Morgan fingerprint density at radius 2 is 0.939 bits per heavy atom. The molecule has 2 nitrogen and oxygen atoms in total. The smallest absolute Gasteiger partial charge is 0.0741 e. The molecule has 226 valence electrons. The molecule has 0 fully saturated rings. The van der Waals surface area contributed by atoms with Crippen LogP contribution < -0.4 is 0 Å². The molecule has 0 unspecified atom stereocenters. The van der Waals surface area contributed by atoms with Gasteiger partial charge in [0.1, 0.15) is 0 Å². The molecule has 3 heteroatoms. The second kappa shape index (κ2) is 9.25. The number of rotatable bonds is 2. The van der Waals surface area contributed by atoms with E-state index in [1.165, 1.54) is 108 Å². The first-order chi connectivity index (χ1) is 24.4. The Kier molecular flexibility index (Phi) is 4.89. The summed E-state index contributed by atoms with van der Waals surface area (Å²) in [6, 6.07) is 58.3. The van der Waals surface area contributed by atoms with E-state index in [9.17, 15) is 0 Å². The predicted octanol–water partition coefficient (Wildman–Crippen LogP) is 13.0. The molecule has 0 spiro atoms. The van der Waals surface area contributed by atoms with Gasteiger partial charge in [-0.05, 0) is 64.0 Å². The molecule has 0 amide bonds. The lowest BCUT2D eigenvalue weighted by molar-refractivity contribution is 1.18. The Balaban J connectivity index is 1.38. The molecule has 11 aromatic rings. The minimum atomic E-state index is 1.18. The maximum Gasteiger partial charge on any atom is 0.0741 e. The third kappa shape index (κ3) is 3.17. The quantitative estimate of drug-likeness (QED) is 0.178. The van der Waals surface area contributed by atoms with Gasteiger partial charge in [-0.3, -0.25) is 0 Å². The van der Waals surface area contributed by atoms with Gasteiger partial charge in [0.05, 0.1) is 32.5 Å². The lowest BCUT2D eigenvalue weighted by Gasteiger charge is -2.15. The molecule has 3 heterocycles. The molecule has 0 N–H and O–H groups in total. The fraction of sp³-hybridized carbons (Fsp3) is 0. The van der Waals surface area contributed by atoms with Crippen molar-refractivity contribution in [2.75, 3.05) is 0 Å². The number of thiophene rings is 1. The highest BCUT2D eigenvalue weighted by Crippen LogP contribution is 2.53. The van der Waals surface area contributed by atoms with Crippen LogP contribution in [0.1, 0.15) is 0 Å². The summed E-state index contributed by atoms with van der Waals surface area (Å²) in [4.78, 5) is 0. The van der Waals surface area contributed by atoms with Crippen LogP contribution in [0.15, 0.2) is 158 Å². The van der Waals surface area contributed by atoms with Crippen molar-refractivity contribution in [2.45, 2.75) is 0 Å². The lowest BCUT2D eigenvalue weighted by atomic mass is 10.0. The third-order valence-electron chi connectivity index (χ3n) is 10.8. The highest BCUT2D eigenvalue weighted by Gasteiger charge is 2.28. The van der Waals surface area contributed by atoms with Gasteiger partial charge >= 0.3 is 0 Å². The summed E-state index contributed by atoms with van der Waals surface area (Å²) in [5.41, 5.74) is 12.7. The maximum absolute atomic E-state index is 2.59. The average molecular weight is 639 g/mol. The van der Waals surface area contributed by atoms with Crippen LogP contribution in [-0.2, 0) is 0 Å². The minimum absolute atomic E-state index is 1.18. The molecule has 0 saturated heterocycles. The maximum atomic E-state index is 2.59. The van der Waals surface area contributed by atoms with Crippen molar-refractivity contribution in [1.82, 2.24) is 9.13 Å². The van der Waals surface area contributed by atoms with E-state index in [2.05, 4.69) is 167 Å². The van der Waals surface area contributed by atoms with Crippen LogP contribution in [0.25, 0.3) is 108 Å². The Hall–Kier alpha value is -6.16. The van der Waals surface area contributed by atoms with Crippen molar-refractivity contribution in [3.05, 3.63) is 158 Å². The molecule has 0 bridgehead atoms. The molecular weight excluding hydrogens is 613 g/mol. The number of para-hydroxylation sites is 3. The normalized spacial score (nSPS) is 12.5. The van der Waals surface area contributed by atoms with E-state index in [-0.39, 0.29) is 0 Å². The van der Waals surface area contributed by atoms with E-state index in [0.717, 1.165) is 0 Å². The van der Waals surface area contributed by atoms with Crippen LogP contribution in [-0.4, -0.2) is 9.13 Å². The summed E-state index contributed by atoms with van der Waals surface area (Å²) in [6.45, 7) is 0. The highest BCUT2D eigenvalue weighted by atomic mass is 32.1. The first-order valence-corrected chi connectivity index (χ1v) is 17.7. The van der Waals surface area contributed by atoms with Crippen LogP contribution in [0, 0.1) is 0 Å². The Labute approximate surface area is 285 Å². The highest BCUT2D eigenvalue weighted by molar-refractivity contribution is 7.27. The molecule has 1 aliphatic rings. The van der Waals surface area contributed by atoms with Crippen LogP contribution in [0.3, 0.4) is 0 Å². The number of hydrogen-bond donors (Lipinski definition) is 0. The largest absolute Gasteiger partial charge is 0.308 e. The van der Waals surface area contributed by atoms with Crippen LogP contribution in [0.5, 0.6) is 0 Å². The predicted molar refractivity (Wildman–Crippen MR) is 210 cm³/mol. The fourth-order valence-corrected chi connectivity index (χ4v) is 10.2. The number of nitrogens with zero attached hydrogens (tertiary/aromatic N) is 2. The second-order valence-corrected chi connectivity index (χ2v) is 14.2. The lowest BCUT2D eigenvalue weighted by Crippen LogP contribution is -1.97. The van der Waals surface area contributed by atoms with Crippen molar-refractivity contribution in [3.63, 3.8) is 0 Å². The molecule has 1 aliphatic carbocycles. The van der Waals surface area contributed by atoms with E-state index in [1.54, 1.807) is 0 Å². The Morgan fingerprint density at radius 1 is 0.347 bits per heavy atom. The summed E-state index contributed by atoms with van der Waals surface area (Å²) < 4.78 is 7.75. The molecule has 0 atom stereocenters. The minimum Gasteiger partial charge on any atom is -0.308 e. The van der Waals surface area contributed by atoms with Crippen molar-refractivity contribution in [2.24, 2.45) is 0 Å². The fourth-order valence-electron chi connectivity index (χ4n) is 8.97. The zero-order valence-electron chi connectivity index (χ0n) is 26.3. The van der Waals surface area contributed by atoms with E-state index >= 15 is 0 Å². The van der Waals surface area contributed by atoms with Gasteiger partial charge in [0.2, 0.25) is 0 Å². The standard InChI is InChI=1S/C46H26N2S/c1-2-13-27(14-3-1)47-36-22-9-7-18-34(36)43-44-41(42-35-19-8-11-24-39(35)49-46(42)45(43)47)33-17-6-10-23-37(33)48(44)38-26-25-31-29-16-5-4-15-28(29)30-20-12-21-32(38)40(30)31/h1-26H. The average Bonchev–Trinajstić information content (AvgIpc) is 3.90. The number of benzene rings is 8. The number of aromatic nitrogens is 2. The van der Waals surface area contributed by atoms with E-state index < -0.39 is 0 Å². The monoisotopic (exact) mass is 638 g/mol. The summed E-state index contributed by atoms with van der Waals surface area (Å²) in [5.74, 6) is 0. The van der Waals surface area contributed by atoms with Crippen molar-refractivity contribution in [3.8, 4) is 33.6 Å². The van der Waals surface area contributed by atoms with E-state index in [0.29, 0.717) is 0 Å². The van der Waals surface area contributed by atoms with Gasteiger partial charge in [0.15, 0.2) is 0 Å². The molecule has 0 radical (unpaired) electrons. The molecule has 8 aromatic carbocycles. The summed E-state index contributed by atoms with van der Waals surface area (Å²) >= 11 is 1.92. The number of fused-ring (bicyclic) bond motifs is 15. The summed E-state index contributed by atoms with van der Waals surface area (Å²) in [6.07, 6.45) is 0. The zero-order valence-corrected chi connectivity index (χ0v) is 27.1. The summed E-state index contributed by atoms with van der Waals surface area (Å²) in [5, 5.41) is 10.5. The van der Waals surface area contributed by atoms with Gasteiger partial charge < -0.3 is 9.13 Å². The van der Waals surface area contributed by atoms with Crippen LogP contribution in [0.4, 0.5) is 0 Å². The van der Waals surface area contributed by atoms with Crippen molar-refractivity contribution >= 4 is 85.9 Å². The first kappa shape index (κ1) is 25.9. The topological polar surface area (TPSA) is 9.86 Å². The zero-order chi connectivity index (χ0) is 31.8. The van der Waals surface area contributed by atoms with Gasteiger partial charge in [0, 0.05) is 48.1 Å². The van der Waals surface area contributed by atoms with Gasteiger partial charge in [-0.15, -0.1) is 11.3 Å². The van der Waals surface area contributed by atoms with Gasteiger partial charge in [-0.1, -0.05) is 121 Å². The second-order valence-electron chi connectivity index (χ2n) is 13.2. The molecular formula is C46H26N2S. The van der Waals surface area contributed by atoms with Gasteiger partial charge in [-0.25, -0.2) is 0 Å². The van der Waals surface area contributed by atoms with Crippen LogP contribution >= 0.6 is 11.3 Å². The van der Waals surface area contributed by atoms with Gasteiger partial charge in [-0.2, -0.15) is 0 Å². The molecule has 12 rings (SSSR count). The third-order valence-corrected chi connectivity index (χ3v) is 12.0. The molecule has 49 heavy (non-hydrogen) atoms. The first-order valence-electron chi connectivity index (χ1n) is 16.9. The van der Waals surface area contributed by atoms with E-state index in [1.807, 2.05) is 11.3 Å². The van der Waals surface area contributed by atoms with Gasteiger partial charge in [0.25, 0.3) is 0 Å². The Morgan fingerprint density at radius 3 is 1.73 bits per heavy atom.